The molecule has 120 valence electrons. The Bertz CT molecular complexity index is 701. The molecular weight excluding hydrogens is 356 g/mol. The number of nitrogens with zero attached hydrogens (tertiary/aromatic N) is 1. The van der Waals surface area contributed by atoms with E-state index in [1.54, 1.807) is 0 Å². The number of nitrogens with one attached hydrogen (secondary N) is 1. The van der Waals surface area contributed by atoms with Crippen LogP contribution in [0.4, 0.5) is 5.69 Å². The minimum absolute atomic E-state index is 0.00321. The molecule has 0 saturated carbocycles. The van der Waals surface area contributed by atoms with Crippen LogP contribution in [0.3, 0.4) is 0 Å². The summed E-state index contributed by atoms with van der Waals surface area (Å²) >= 11 is 3.43. The van der Waals surface area contributed by atoms with Crippen molar-refractivity contribution in [1.29, 1.82) is 0 Å². The summed E-state index contributed by atoms with van der Waals surface area (Å²) < 4.78 is 0.971. The van der Waals surface area contributed by atoms with Crippen molar-refractivity contribution in [2.45, 2.75) is 20.4 Å². The van der Waals surface area contributed by atoms with E-state index >= 15 is 0 Å². The van der Waals surface area contributed by atoms with Gasteiger partial charge in [-0.15, -0.1) is 0 Å². The van der Waals surface area contributed by atoms with E-state index in [1.165, 1.54) is 11.8 Å². The van der Waals surface area contributed by atoms with Crippen molar-refractivity contribution in [3.05, 3.63) is 64.1 Å². The van der Waals surface area contributed by atoms with Gasteiger partial charge in [0.15, 0.2) is 0 Å². The Labute approximate surface area is 144 Å². The maximum atomic E-state index is 12.1. The predicted molar refractivity (Wildman–Crippen MR) is 95.2 cm³/mol. The molecule has 2 aromatic carbocycles. The number of hydrogen-bond acceptors (Lipinski definition) is 2. The van der Waals surface area contributed by atoms with Crippen LogP contribution in [0.15, 0.2) is 53.0 Å². The van der Waals surface area contributed by atoms with E-state index in [9.17, 15) is 9.59 Å². The van der Waals surface area contributed by atoms with E-state index in [4.69, 9.17) is 0 Å². The standard InChI is InChI=1S/C18H19BrN2O2/c1-13-10-16(8-9-17(13)19)21(14(2)22)12-18(23)20-11-15-6-4-3-5-7-15/h3-10H,11-12H2,1-2H3,(H,20,23). The monoisotopic (exact) mass is 374 g/mol. The molecule has 0 atom stereocenters. The van der Waals surface area contributed by atoms with Gasteiger partial charge in [-0.1, -0.05) is 46.3 Å². The highest BCUT2D eigenvalue weighted by Crippen LogP contribution is 2.23. The van der Waals surface area contributed by atoms with Crippen LogP contribution >= 0.6 is 15.9 Å². The van der Waals surface area contributed by atoms with E-state index in [0.717, 1.165) is 15.6 Å². The molecule has 4 nitrogen and oxygen atoms in total. The molecule has 2 amide bonds. The molecule has 0 aliphatic carbocycles. The number of benzene rings is 2. The summed E-state index contributed by atoms with van der Waals surface area (Å²) in [6, 6.07) is 15.3. The highest BCUT2D eigenvalue weighted by atomic mass is 79.9. The fraction of sp³-hybridized carbons (Fsp3) is 0.222. The predicted octanol–water partition coefficient (Wildman–Crippen LogP) is 3.43. The van der Waals surface area contributed by atoms with Crippen LogP contribution in [0.1, 0.15) is 18.1 Å². The summed E-state index contributed by atoms with van der Waals surface area (Å²) in [4.78, 5) is 25.5. The quantitative estimate of drug-likeness (QED) is 0.871. The number of hydrogen-bond donors (Lipinski definition) is 1. The second-order valence-electron chi connectivity index (χ2n) is 5.30. The third-order valence-electron chi connectivity index (χ3n) is 3.47. The Balaban J connectivity index is 2.02. The van der Waals surface area contributed by atoms with Gasteiger partial charge in [-0.2, -0.15) is 0 Å². The van der Waals surface area contributed by atoms with Crippen molar-refractivity contribution < 1.29 is 9.59 Å². The third kappa shape index (κ3) is 4.93. The van der Waals surface area contributed by atoms with Crippen LogP contribution < -0.4 is 10.2 Å². The molecule has 0 aliphatic heterocycles. The SMILES string of the molecule is CC(=O)N(CC(=O)NCc1ccccc1)c1ccc(Br)c(C)c1. The molecule has 0 heterocycles. The van der Waals surface area contributed by atoms with Gasteiger partial charge in [0.25, 0.3) is 0 Å². The minimum Gasteiger partial charge on any atom is -0.350 e. The molecule has 0 aromatic heterocycles. The average molecular weight is 375 g/mol. The molecule has 0 saturated heterocycles. The maximum absolute atomic E-state index is 12.1. The summed E-state index contributed by atoms with van der Waals surface area (Å²) in [7, 11) is 0. The molecule has 0 aliphatic rings. The van der Waals surface area contributed by atoms with E-state index in [2.05, 4.69) is 21.2 Å². The van der Waals surface area contributed by atoms with Crippen molar-refractivity contribution in [2.75, 3.05) is 11.4 Å². The van der Waals surface area contributed by atoms with Gasteiger partial charge in [-0.25, -0.2) is 0 Å². The Hall–Kier alpha value is -2.14. The lowest BCUT2D eigenvalue weighted by Gasteiger charge is -2.21. The Morgan fingerprint density at radius 2 is 1.83 bits per heavy atom. The third-order valence-corrected chi connectivity index (χ3v) is 4.36. The first-order valence-electron chi connectivity index (χ1n) is 7.32. The zero-order valence-electron chi connectivity index (χ0n) is 13.2. The van der Waals surface area contributed by atoms with Crippen molar-refractivity contribution in [3.8, 4) is 0 Å². The van der Waals surface area contributed by atoms with Gasteiger partial charge in [-0.3, -0.25) is 9.59 Å². The molecule has 0 radical (unpaired) electrons. The van der Waals surface area contributed by atoms with Crippen molar-refractivity contribution in [3.63, 3.8) is 0 Å². The van der Waals surface area contributed by atoms with Gasteiger partial charge in [0.2, 0.25) is 11.8 Å². The highest BCUT2D eigenvalue weighted by Gasteiger charge is 2.16. The first kappa shape index (κ1) is 17.2. The first-order valence-corrected chi connectivity index (χ1v) is 8.11. The van der Waals surface area contributed by atoms with Gasteiger partial charge >= 0.3 is 0 Å². The Morgan fingerprint density at radius 3 is 2.43 bits per heavy atom. The largest absolute Gasteiger partial charge is 0.350 e. The summed E-state index contributed by atoms with van der Waals surface area (Å²) in [6.07, 6.45) is 0. The molecule has 0 fully saturated rings. The zero-order valence-corrected chi connectivity index (χ0v) is 14.8. The number of halogens is 1. The summed E-state index contributed by atoms with van der Waals surface area (Å²) in [6.45, 7) is 3.86. The average Bonchev–Trinajstić information content (AvgIpc) is 2.54. The second kappa shape index (κ2) is 7.92. The normalized spacial score (nSPS) is 10.2. The molecule has 2 rings (SSSR count). The number of carbonyl (C=O) groups is 2. The number of rotatable bonds is 5. The zero-order chi connectivity index (χ0) is 16.8. The van der Waals surface area contributed by atoms with Crippen molar-refractivity contribution >= 4 is 33.4 Å². The lowest BCUT2D eigenvalue weighted by molar-refractivity contribution is -0.123. The van der Waals surface area contributed by atoms with Crippen LogP contribution in [0.25, 0.3) is 0 Å². The Morgan fingerprint density at radius 1 is 1.13 bits per heavy atom. The van der Waals surface area contributed by atoms with Gasteiger partial charge in [0.05, 0.1) is 0 Å². The molecule has 5 heteroatoms. The molecule has 1 N–H and O–H groups in total. The topological polar surface area (TPSA) is 49.4 Å². The van der Waals surface area contributed by atoms with Gasteiger partial charge in [0, 0.05) is 23.6 Å². The highest BCUT2D eigenvalue weighted by molar-refractivity contribution is 9.10. The van der Waals surface area contributed by atoms with Crippen LogP contribution in [0.5, 0.6) is 0 Å². The maximum Gasteiger partial charge on any atom is 0.240 e. The smallest absolute Gasteiger partial charge is 0.240 e. The Kier molecular flexibility index (Phi) is 5.93. The van der Waals surface area contributed by atoms with E-state index in [1.807, 2.05) is 55.5 Å². The van der Waals surface area contributed by atoms with Gasteiger partial charge < -0.3 is 10.2 Å². The number of carbonyl (C=O) groups excluding carboxylic acids is 2. The van der Waals surface area contributed by atoms with Crippen molar-refractivity contribution in [2.24, 2.45) is 0 Å². The lowest BCUT2D eigenvalue weighted by atomic mass is 10.2. The molecule has 2 aromatic rings. The summed E-state index contributed by atoms with van der Waals surface area (Å²) in [5.74, 6) is -0.355. The lowest BCUT2D eigenvalue weighted by Crippen LogP contribution is -2.39. The number of anilines is 1. The molecule has 0 spiro atoms. The van der Waals surface area contributed by atoms with Crippen LogP contribution in [0.2, 0.25) is 0 Å². The van der Waals surface area contributed by atoms with Crippen molar-refractivity contribution in [1.82, 2.24) is 5.32 Å². The number of aryl methyl sites for hydroxylation is 1. The molecule has 0 bridgehead atoms. The fourth-order valence-corrected chi connectivity index (χ4v) is 2.42. The van der Waals surface area contributed by atoms with Gasteiger partial charge in [-0.05, 0) is 36.2 Å². The van der Waals surface area contributed by atoms with Crippen LogP contribution in [0, 0.1) is 6.92 Å². The first-order chi connectivity index (χ1) is 11.0. The second-order valence-corrected chi connectivity index (χ2v) is 6.16. The van der Waals surface area contributed by atoms with E-state index in [-0.39, 0.29) is 18.4 Å². The minimum atomic E-state index is -0.190. The van der Waals surface area contributed by atoms with Gasteiger partial charge in [0.1, 0.15) is 6.54 Å². The van der Waals surface area contributed by atoms with Crippen LogP contribution in [-0.2, 0) is 16.1 Å². The van der Waals surface area contributed by atoms with Crippen LogP contribution in [-0.4, -0.2) is 18.4 Å². The summed E-state index contributed by atoms with van der Waals surface area (Å²) in [5, 5.41) is 2.84. The molecular formula is C18H19BrN2O2. The van der Waals surface area contributed by atoms with E-state index < -0.39 is 0 Å². The molecule has 0 unspecified atom stereocenters. The fourth-order valence-electron chi connectivity index (χ4n) is 2.18. The van der Waals surface area contributed by atoms with E-state index in [0.29, 0.717) is 12.2 Å². The number of amides is 2. The summed E-state index contributed by atoms with van der Waals surface area (Å²) in [5.41, 5.74) is 2.75. The molecule has 23 heavy (non-hydrogen) atoms.